The number of benzene rings is 1. The van der Waals surface area contributed by atoms with Gasteiger partial charge in [-0.2, -0.15) is 13.2 Å². The number of likely N-dealkylation sites (tertiary alicyclic amines) is 1. The van der Waals surface area contributed by atoms with Crippen molar-refractivity contribution in [1.29, 1.82) is 0 Å². The third-order valence-corrected chi connectivity index (χ3v) is 4.50. The van der Waals surface area contributed by atoms with Gasteiger partial charge in [-0.1, -0.05) is 18.2 Å². The van der Waals surface area contributed by atoms with E-state index in [0.29, 0.717) is 31.5 Å². The predicted octanol–water partition coefficient (Wildman–Crippen LogP) is 3.26. The summed E-state index contributed by atoms with van der Waals surface area (Å²) in [4.78, 5) is 26.0. The Morgan fingerprint density at radius 3 is 2.52 bits per heavy atom. The molecule has 2 heterocycles. The number of rotatable bonds is 4. The quantitative estimate of drug-likeness (QED) is 0.886. The SMILES string of the molecule is O=C(Cc1cccc(C(F)(F)F)c1)NC1CCN(C(=O)c2ccco2)CC1. The molecule has 0 saturated carbocycles. The van der Waals surface area contributed by atoms with Crippen LogP contribution >= 0.6 is 0 Å². The number of hydrogen-bond donors (Lipinski definition) is 1. The molecule has 1 aliphatic rings. The Labute approximate surface area is 154 Å². The van der Waals surface area contributed by atoms with Gasteiger partial charge in [0.15, 0.2) is 5.76 Å². The van der Waals surface area contributed by atoms with Crippen molar-refractivity contribution in [1.82, 2.24) is 10.2 Å². The molecule has 0 unspecified atom stereocenters. The van der Waals surface area contributed by atoms with Gasteiger partial charge >= 0.3 is 6.18 Å². The monoisotopic (exact) mass is 380 g/mol. The highest BCUT2D eigenvalue weighted by molar-refractivity contribution is 5.91. The van der Waals surface area contributed by atoms with Crippen LogP contribution < -0.4 is 5.32 Å². The van der Waals surface area contributed by atoms with Gasteiger partial charge in [0.1, 0.15) is 0 Å². The van der Waals surface area contributed by atoms with Gasteiger partial charge in [0.05, 0.1) is 18.2 Å². The van der Waals surface area contributed by atoms with Crippen LogP contribution in [0, 0.1) is 0 Å². The molecule has 2 aromatic rings. The molecule has 1 aliphatic heterocycles. The number of hydrogen-bond acceptors (Lipinski definition) is 3. The lowest BCUT2D eigenvalue weighted by molar-refractivity contribution is -0.137. The average Bonchev–Trinajstić information content (AvgIpc) is 3.16. The molecule has 1 aromatic carbocycles. The Hall–Kier alpha value is -2.77. The third kappa shape index (κ3) is 4.90. The minimum atomic E-state index is -4.43. The van der Waals surface area contributed by atoms with Crippen molar-refractivity contribution in [2.24, 2.45) is 0 Å². The van der Waals surface area contributed by atoms with E-state index in [-0.39, 0.29) is 30.0 Å². The van der Waals surface area contributed by atoms with Crippen molar-refractivity contribution >= 4 is 11.8 Å². The maximum absolute atomic E-state index is 12.7. The number of amides is 2. The molecule has 0 radical (unpaired) electrons. The maximum Gasteiger partial charge on any atom is 0.416 e. The number of carbonyl (C=O) groups is 2. The molecule has 8 heteroatoms. The first-order valence-corrected chi connectivity index (χ1v) is 8.61. The van der Waals surface area contributed by atoms with Crippen molar-refractivity contribution in [2.75, 3.05) is 13.1 Å². The van der Waals surface area contributed by atoms with Crippen LogP contribution in [0.5, 0.6) is 0 Å². The van der Waals surface area contributed by atoms with Crippen LogP contribution in [0.2, 0.25) is 0 Å². The molecule has 0 atom stereocenters. The highest BCUT2D eigenvalue weighted by atomic mass is 19.4. The van der Waals surface area contributed by atoms with Crippen molar-refractivity contribution in [3.63, 3.8) is 0 Å². The Balaban J connectivity index is 1.49. The van der Waals surface area contributed by atoms with Gasteiger partial charge in [0.25, 0.3) is 5.91 Å². The minimum Gasteiger partial charge on any atom is -0.459 e. The standard InChI is InChI=1S/C19H19F3N2O3/c20-19(21,22)14-4-1-3-13(11-14)12-17(25)23-15-6-8-24(9-7-15)18(26)16-5-2-10-27-16/h1-5,10-11,15H,6-9,12H2,(H,23,25). The van der Waals surface area contributed by atoms with Crippen LogP contribution in [-0.2, 0) is 17.4 Å². The fourth-order valence-electron chi connectivity index (χ4n) is 3.10. The summed E-state index contributed by atoms with van der Waals surface area (Å²) in [6.07, 6.45) is -1.94. The second-order valence-corrected chi connectivity index (χ2v) is 6.49. The Bertz CT molecular complexity index is 795. The molecule has 2 amide bonds. The lowest BCUT2D eigenvalue weighted by Crippen LogP contribution is -2.46. The van der Waals surface area contributed by atoms with E-state index in [1.165, 1.54) is 18.4 Å². The summed E-state index contributed by atoms with van der Waals surface area (Å²) in [6, 6.07) is 7.91. The number of nitrogens with zero attached hydrogens (tertiary/aromatic N) is 1. The molecule has 0 aliphatic carbocycles. The molecule has 3 rings (SSSR count). The second-order valence-electron chi connectivity index (χ2n) is 6.49. The van der Waals surface area contributed by atoms with E-state index in [0.717, 1.165) is 12.1 Å². The molecule has 1 aromatic heterocycles. The van der Waals surface area contributed by atoms with Gasteiger partial charge in [0.2, 0.25) is 5.91 Å². The van der Waals surface area contributed by atoms with Gasteiger partial charge in [-0.15, -0.1) is 0 Å². The minimum absolute atomic E-state index is 0.107. The summed E-state index contributed by atoms with van der Waals surface area (Å²) in [5.74, 6) is -0.235. The van der Waals surface area contributed by atoms with Crippen LogP contribution in [-0.4, -0.2) is 35.8 Å². The number of carbonyl (C=O) groups excluding carboxylic acids is 2. The van der Waals surface area contributed by atoms with E-state index in [4.69, 9.17) is 4.42 Å². The molecule has 1 saturated heterocycles. The van der Waals surface area contributed by atoms with Gasteiger partial charge < -0.3 is 14.6 Å². The zero-order chi connectivity index (χ0) is 19.4. The van der Waals surface area contributed by atoms with E-state index in [9.17, 15) is 22.8 Å². The highest BCUT2D eigenvalue weighted by Crippen LogP contribution is 2.29. The van der Waals surface area contributed by atoms with Gasteiger partial charge in [-0.3, -0.25) is 9.59 Å². The van der Waals surface area contributed by atoms with Crippen LogP contribution in [0.25, 0.3) is 0 Å². The van der Waals surface area contributed by atoms with E-state index < -0.39 is 11.7 Å². The molecule has 0 bridgehead atoms. The molecule has 27 heavy (non-hydrogen) atoms. The number of alkyl halides is 3. The van der Waals surface area contributed by atoms with Gasteiger partial charge in [-0.25, -0.2) is 0 Å². The first-order valence-electron chi connectivity index (χ1n) is 8.61. The smallest absolute Gasteiger partial charge is 0.416 e. The van der Waals surface area contributed by atoms with E-state index in [2.05, 4.69) is 5.32 Å². The van der Waals surface area contributed by atoms with Crippen molar-refractivity contribution in [2.45, 2.75) is 31.5 Å². The Kier molecular flexibility index (Phi) is 5.53. The molecule has 144 valence electrons. The van der Waals surface area contributed by atoms with Crippen molar-refractivity contribution < 1.29 is 27.2 Å². The summed E-state index contributed by atoms with van der Waals surface area (Å²) in [5.41, 5.74) is -0.453. The first-order chi connectivity index (χ1) is 12.8. The molecule has 1 N–H and O–H groups in total. The fourth-order valence-corrected chi connectivity index (χ4v) is 3.10. The van der Waals surface area contributed by atoms with Crippen LogP contribution in [0.1, 0.15) is 34.5 Å². The fraction of sp³-hybridized carbons (Fsp3) is 0.368. The second kappa shape index (κ2) is 7.85. The number of piperidine rings is 1. The summed E-state index contributed by atoms with van der Waals surface area (Å²) in [6.45, 7) is 0.960. The van der Waals surface area contributed by atoms with Crippen molar-refractivity contribution in [3.05, 3.63) is 59.5 Å². The lowest BCUT2D eigenvalue weighted by Gasteiger charge is -2.31. The van der Waals surface area contributed by atoms with E-state index in [1.807, 2.05) is 0 Å². The molecule has 5 nitrogen and oxygen atoms in total. The number of halogens is 3. The maximum atomic E-state index is 12.7. The molecule has 1 fully saturated rings. The average molecular weight is 380 g/mol. The highest BCUT2D eigenvalue weighted by Gasteiger charge is 2.30. The van der Waals surface area contributed by atoms with Gasteiger partial charge in [0, 0.05) is 19.1 Å². The topological polar surface area (TPSA) is 62.6 Å². The summed E-state index contributed by atoms with van der Waals surface area (Å²) in [5, 5.41) is 2.84. The van der Waals surface area contributed by atoms with Crippen LogP contribution in [0.4, 0.5) is 13.2 Å². The number of furan rings is 1. The Morgan fingerprint density at radius 2 is 1.89 bits per heavy atom. The van der Waals surface area contributed by atoms with Crippen LogP contribution in [0.3, 0.4) is 0 Å². The zero-order valence-electron chi connectivity index (χ0n) is 14.5. The van der Waals surface area contributed by atoms with Crippen LogP contribution in [0.15, 0.2) is 47.1 Å². The predicted molar refractivity (Wildman–Crippen MR) is 90.9 cm³/mol. The number of nitrogens with one attached hydrogen (secondary N) is 1. The molecular weight excluding hydrogens is 361 g/mol. The first kappa shape index (κ1) is 19.0. The molecular formula is C19H19F3N2O3. The summed E-state index contributed by atoms with van der Waals surface area (Å²) in [7, 11) is 0. The van der Waals surface area contributed by atoms with Crippen molar-refractivity contribution in [3.8, 4) is 0 Å². The third-order valence-electron chi connectivity index (χ3n) is 4.50. The zero-order valence-corrected chi connectivity index (χ0v) is 14.5. The summed E-state index contributed by atoms with van der Waals surface area (Å²) >= 11 is 0. The largest absolute Gasteiger partial charge is 0.459 e. The lowest BCUT2D eigenvalue weighted by atomic mass is 10.0. The molecule has 0 spiro atoms. The van der Waals surface area contributed by atoms with E-state index >= 15 is 0 Å². The summed E-state index contributed by atoms with van der Waals surface area (Å²) < 4.78 is 43.3. The normalized spacial score (nSPS) is 15.6. The van der Waals surface area contributed by atoms with Gasteiger partial charge in [-0.05, 0) is 36.6 Å². The Morgan fingerprint density at radius 1 is 1.15 bits per heavy atom. The van der Waals surface area contributed by atoms with E-state index in [1.54, 1.807) is 17.0 Å².